The van der Waals surface area contributed by atoms with Gasteiger partial charge in [0, 0.05) is 6.04 Å². The molecule has 4 nitrogen and oxygen atoms in total. The Labute approximate surface area is 120 Å². The van der Waals surface area contributed by atoms with Crippen LogP contribution in [-0.4, -0.2) is 17.1 Å². The van der Waals surface area contributed by atoms with Gasteiger partial charge in [-0.2, -0.15) is 0 Å². The van der Waals surface area contributed by atoms with Gasteiger partial charge in [-0.05, 0) is 37.3 Å². The zero-order valence-corrected chi connectivity index (χ0v) is 12.1. The summed E-state index contributed by atoms with van der Waals surface area (Å²) in [6.07, 6.45) is 7.30. The number of carboxylic acid groups (broad SMARTS) is 1. The number of hydrogen-bond acceptors (Lipinski definition) is 3. The lowest BCUT2D eigenvalue weighted by molar-refractivity contribution is 0.0698. The number of nitrogens with two attached hydrogens (primary N) is 1. The second-order valence-corrected chi connectivity index (χ2v) is 5.63. The number of benzene rings is 1. The SMILES string of the molecule is CCC(Nc1c(N)cccc1C(=O)O)C1CCCCC1. The molecular weight excluding hydrogens is 252 g/mol. The summed E-state index contributed by atoms with van der Waals surface area (Å²) >= 11 is 0. The summed E-state index contributed by atoms with van der Waals surface area (Å²) in [6, 6.07) is 5.35. The Morgan fingerprint density at radius 1 is 1.40 bits per heavy atom. The minimum Gasteiger partial charge on any atom is -0.478 e. The molecule has 4 heteroatoms. The number of anilines is 2. The van der Waals surface area contributed by atoms with E-state index in [1.165, 1.54) is 32.1 Å². The van der Waals surface area contributed by atoms with Crippen molar-refractivity contribution in [2.75, 3.05) is 11.1 Å². The Morgan fingerprint density at radius 2 is 2.10 bits per heavy atom. The quantitative estimate of drug-likeness (QED) is 0.716. The average Bonchev–Trinajstić information content (AvgIpc) is 2.46. The summed E-state index contributed by atoms with van der Waals surface area (Å²) in [5.41, 5.74) is 7.32. The van der Waals surface area contributed by atoms with Gasteiger partial charge in [-0.3, -0.25) is 0 Å². The molecule has 0 spiro atoms. The third-order valence-corrected chi connectivity index (χ3v) is 4.32. The van der Waals surface area contributed by atoms with E-state index in [-0.39, 0.29) is 5.56 Å². The average molecular weight is 276 g/mol. The molecule has 0 amide bonds. The lowest BCUT2D eigenvalue weighted by Crippen LogP contribution is -2.31. The van der Waals surface area contributed by atoms with E-state index in [0.29, 0.717) is 23.3 Å². The molecule has 0 heterocycles. The van der Waals surface area contributed by atoms with Gasteiger partial charge in [0.1, 0.15) is 0 Å². The van der Waals surface area contributed by atoms with Crippen molar-refractivity contribution in [3.05, 3.63) is 23.8 Å². The highest BCUT2D eigenvalue weighted by atomic mass is 16.4. The number of carbonyl (C=O) groups is 1. The van der Waals surface area contributed by atoms with Crippen LogP contribution in [0.1, 0.15) is 55.8 Å². The molecule has 0 saturated heterocycles. The van der Waals surface area contributed by atoms with Crippen LogP contribution in [0.25, 0.3) is 0 Å². The molecule has 1 saturated carbocycles. The maximum absolute atomic E-state index is 11.3. The van der Waals surface area contributed by atoms with Crippen LogP contribution in [0.5, 0.6) is 0 Å². The van der Waals surface area contributed by atoms with Crippen LogP contribution >= 0.6 is 0 Å². The van der Waals surface area contributed by atoms with Gasteiger partial charge in [-0.1, -0.05) is 32.3 Å². The van der Waals surface area contributed by atoms with Gasteiger partial charge in [0.15, 0.2) is 0 Å². The van der Waals surface area contributed by atoms with Crippen LogP contribution in [0.3, 0.4) is 0 Å². The van der Waals surface area contributed by atoms with E-state index in [9.17, 15) is 9.90 Å². The Hall–Kier alpha value is -1.71. The Balaban J connectivity index is 2.20. The molecule has 2 rings (SSSR count). The van der Waals surface area contributed by atoms with E-state index in [4.69, 9.17) is 5.73 Å². The van der Waals surface area contributed by atoms with Crippen molar-refractivity contribution in [1.82, 2.24) is 0 Å². The molecule has 4 N–H and O–H groups in total. The fraction of sp³-hybridized carbons (Fsp3) is 0.562. The molecule has 110 valence electrons. The summed E-state index contributed by atoms with van der Waals surface area (Å²) in [4.78, 5) is 11.3. The van der Waals surface area contributed by atoms with Gasteiger partial charge in [0.2, 0.25) is 0 Å². The van der Waals surface area contributed by atoms with E-state index in [0.717, 1.165) is 6.42 Å². The van der Waals surface area contributed by atoms with Crippen LogP contribution in [0.15, 0.2) is 18.2 Å². The maximum atomic E-state index is 11.3. The molecule has 0 aliphatic heterocycles. The summed E-state index contributed by atoms with van der Waals surface area (Å²) in [6.45, 7) is 2.14. The van der Waals surface area contributed by atoms with E-state index in [1.807, 2.05) is 0 Å². The van der Waals surface area contributed by atoms with Crippen LogP contribution in [0.4, 0.5) is 11.4 Å². The van der Waals surface area contributed by atoms with Crippen LogP contribution in [0.2, 0.25) is 0 Å². The maximum Gasteiger partial charge on any atom is 0.337 e. The predicted octanol–water partition coefficient (Wildman–Crippen LogP) is 3.74. The molecule has 20 heavy (non-hydrogen) atoms. The van der Waals surface area contributed by atoms with Gasteiger partial charge in [-0.25, -0.2) is 4.79 Å². The Bertz CT molecular complexity index is 468. The molecular formula is C16H24N2O2. The standard InChI is InChI=1S/C16H24N2O2/c1-2-14(11-7-4-3-5-8-11)18-15-12(16(19)20)9-6-10-13(15)17/h6,9-11,14,18H,2-5,7-8,17H2,1H3,(H,19,20). The zero-order chi connectivity index (χ0) is 14.5. The molecule has 1 aromatic carbocycles. The fourth-order valence-corrected chi connectivity index (χ4v) is 3.18. The summed E-state index contributed by atoms with van der Waals surface area (Å²) < 4.78 is 0. The first-order chi connectivity index (χ1) is 9.63. The number of carboxylic acids is 1. The van der Waals surface area contributed by atoms with Crippen molar-refractivity contribution >= 4 is 17.3 Å². The topological polar surface area (TPSA) is 75.3 Å². The number of para-hydroxylation sites is 1. The van der Waals surface area contributed by atoms with Crippen molar-refractivity contribution in [2.24, 2.45) is 5.92 Å². The van der Waals surface area contributed by atoms with E-state index < -0.39 is 5.97 Å². The number of hydrogen-bond donors (Lipinski definition) is 3. The molecule has 1 aliphatic carbocycles. The lowest BCUT2D eigenvalue weighted by atomic mass is 9.82. The van der Waals surface area contributed by atoms with Crippen molar-refractivity contribution in [2.45, 2.75) is 51.5 Å². The molecule has 1 unspecified atom stereocenters. The molecule has 0 aromatic heterocycles. The molecule has 0 radical (unpaired) electrons. The van der Waals surface area contributed by atoms with Gasteiger partial charge < -0.3 is 16.2 Å². The van der Waals surface area contributed by atoms with Crippen LogP contribution in [0, 0.1) is 5.92 Å². The first-order valence-electron chi connectivity index (χ1n) is 7.51. The predicted molar refractivity (Wildman–Crippen MR) is 82.1 cm³/mol. The van der Waals surface area contributed by atoms with Gasteiger partial charge in [0.25, 0.3) is 0 Å². The third-order valence-electron chi connectivity index (χ3n) is 4.32. The first-order valence-corrected chi connectivity index (χ1v) is 7.51. The van der Waals surface area contributed by atoms with Crippen molar-refractivity contribution in [3.63, 3.8) is 0 Å². The second-order valence-electron chi connectivity index (χ2n) is 5.63. The van der Waals surface area contributed by atoms with Crippen molar-refractivity contribution in [3.8, 4) is 0 Å². The minimum atomic E-state index is -0.932. The third kappa shape index (κ3) is 3.24. The van der Waals surface area contributed by atoms with E-state index in [2.05, 4.69) is 12.2 Å². The van der Waals surface area contributed by atoms with Crippen molar-refractivity contribution in [1.29, 1.82) is 0 Å². The van der Waals surface area contributed by atoms with E-state index in [1.54, 1.807) is 18.2 Å². The molecule has 1 aliphatic rings. The largest absolute Gasteiger partial charge is 0.478 e. The number of aromatic carboxylic acids is 1. The molecule has 1 aromatic rings. The zero-order valence-electron chi connectivity index (χ0n) is 12.1. The highest BCUT2D eigenvalue weighted by Crippen LogP contribution is 2.32. The normalized spacial score (nSPS) is 17.6. The minimum absolute atomic E-state index is 0.263. The summed E-state index contributed by atoms with van der Waals surface area (Å²) in [7, 11) is 0. The number of nitrogens with one attached hydrogen (secondary N) is 1. The fourth-order valence-electron chi connectivity index (χ4n) is 3.18. The number of rotatable bonds is 5. The smallest absolute Gasteiger partial charge is 0.337 e. The highest BCUT2D eigenvalue weighted by molar-refractivity contribution is 5.97. The van der Waals surface area contributed by atoms with E-state index >= 15 is 0 Å². The lowest BCUT2D eigenvalue weighted by Gasteiger charge is -2.31. The van der Waals surface area contributed by atoms with Crippen LogP contribution < -0.4 is 11.1 Å². The van der Waals surface area contributed by atoms with Gasteiger partial charge in [0.05, 0.1) is 16.9 Å². The van der Waals surface area contributed by atoms with Crippen molar-refractivity contribution < 1.29 is 9.90 Å². The Kier molecular flexibility index (Phi) is 4.88. The summed E-state index contributed by atoms with van der Waals surface area (Å²) in [5.74, 6) is -0.312. The molecule has 0 bridgehead atoms. The molecule has 1 fully saturated rings. The highest BCUT2D eigenvalue weighted by Gasteiger charge is 2.24. The monoisotopic (exact) mass is 276 g/mol. The first kappa shape index (κ1) is 14.7. The Morgan fingerprint density at radius 3 is 2.70 bits per heavy atom. The van der Waals surface area contributed by atoms with Crippen LogP contribution in [-0.2, 0) is 0 Å². The van der Waals surface area contributed by atoms with Gasteiger partial charge >= 0.3 is 5.97 Å². The number of nitrogen functional groups attached to an aromatic ring is 1. The second kappa shape index (κ2) is 6.64. The van der Waals surface area contributed by atoms with Gasteiger partial charge in [-0.15, -0.1) is 0 Å². The molecule has 1 atom stereocenters. The summed E-state index contributed by atoms with van der Waals surface area (Å²) in [5, 5.41) is 12.7.